The van der Waals surface area contributed by atoms with E-state index >= 15 is 0 Å². The maximum Gasteiger partial charge on any atom is 0.131 e. The van der Waals surface area contributed by atoms with E-state index in [4.69, 9.17) is 10.5 Å². The molecule has 2 rings (SSSR count). The normalized spacial score (nSPS) is 20.0. The number of nitrogens with zero attached hydrogens (tertiary/aromatic N) is 2. The minimum Gasteiger partial charge on any atom is -0.379 e. The minimum absolute atomic E-state index is 0.450. The van der Waals surface area contributed by atoms with Crippen LogP contribution in [0.15, 0.2) is 18.3 Å². The summed E-state index contributed by atoms with van der Waals surface area (Å²) in [5, 5.41) is 0. The van der Waals surface area contributed by atoms with Crippen LogP contribution in [0.1, 0.15) is 12.0 Å². The van der Waals surface area contributed by atoms with Crippen molar-refractivity contribution in [1.82, 2.24) is 4.98 Å². The summed E-state index contributed by atoms with van der Waals surface area (Å²) in [6.45, 7) is 2.32. The first-order valence-electron chi connectivity index (χ1n) is 5.77. The summed E-state index contributed by atoms with van der Waals surface area (Å²) in [5.74, 6) is 1.04. The van der Waals surface area contributed by atoms with Crippen LogP contribution in [0, 0.1) is 0 Å². The van der Waals surface area contributed by atoms with Gasteiger partial charge >= 0.3 is 0 Å². The lowest BCUT2D eigenvalue weighted by Gasteiger charge is -2.26. The van der Waals surface area contributed by atoms with E-state index in [-0.39, 0.29) is 0 Å². The van der Waals surface area contributed by atoms with Crippen LogP contribution >= 0.6 is 0 Å². The van der Waals surface area contributed by atoms with Crippen molar-refractivity contribution in [2.45, 2.75) is 18.9 Å². The number of hydrogen-bond donors (Lipinski definition) is 1. The van der Waals surface area contributed by atoms with Crippen molar-refractivity contribution in [2.24, 2.45) is 5.73 Å². The molecule has 0 spiro atoms. The Bertz CT molecular complexity index is 337. The van der Waals surface area contributed by atoms with E-state index < -0.39 is 0 Å². The van der Waals surface area contributed by atoms with Gasteiger partial charge in [-0.15, -0.1) is 0 Å². The van der Waals surface area contributed by atoms with Gasteiger partial charge in [-0.25, -0.2) is 4.98 Å². The van der Waals surface area contributed by atoms with Crippen molar-refractivity contribution in [1.29, 1.82) is 0 Å². The Kier molecular flexibility index (Phi) is 3.74. The molecule has 0 saturated carbocycles. The molecule has 4 heteroatoms. The topological polar surface area (TPSA) is 51.4 Å². The third-order valence-electron chi connectivity index (χ3n) is 3.07. The number of hydrogen-bond acceptors (Lipinski definition) is 4. The maximum absolute atomic E-state index is 5.61. The standard InChI is InChI=1S/C12H19N3O/c1-15(11-5-8-16-9-11)12-10(4-6-13)3-2-7-14-12/h2-3,7,11H,4-6,8-9,13H2,1H3. The van der Waals surface area contributed by atoms with Crippen molar-refractivity contribution in [3.8, 4) is 0 Å². The fourth-order valence-electron chi connectivity index (χ4n) is 2.10. The molecule has 2 N–H and O–H groups in total. The molecule has 1 saturated heterocycles. The summed E-state index contributed by atoms with van der Waals surface area (Å²) >= 11 is 0. The summed E-state index contributed by atoms with van der Waals surface area (Å²) in [6.07, 6.45) is 3.79. The summed E-state index contributed by atoms with van der Waals surface area (Å²) < 4.78 is 5.41. The fourth-order valence-corrected chi connectivity index (χ4v) is 2.10. The second-order valence-electron chi connectivity index (χ2n) is 4.15. The summed E-state index contributed by atoms with van der Waals surface area (Å²) in [4.78, 5) is 6.68. The molecule has 1 aliphatic rings. The first kappa shape index (κ1) is 11.4. The number of likely N-dealkylation sites (N-methyl/N-ethyl adjacent to an activating group) is 1. The number of aromatic nitrogens is 1. The number of rotatable bonds is 4. The Balaban J connectivity index is 2.17. The van der Waals surface area contributed by atoms with Gasteiger partial charge in [0.1, 0.15) is 5.82 Å². The monoisotopic (exact) mass is 221 g/mol. The molecule has 1 unspecified atom stereocenters. The second-order valence-corrected chi connectivity index (χ2v) is 4.15. The average Bonchev–Trinajstić information content (AvgIpc) is 2.83. The van der Waals surface area contributed by atoms with E-state index in [0.29, 0.717) is 12.6 Å². The molecule has 0 aromatic carbocycles. The van der Waals surface area contributed by atoms with Gasteiger partial charge in [0.15, 0.2) is 0 Å². The summed E-state index contributed by atoms with van der Waals surface area (Å²) in [5.41, 5.74) is 6.83. The van der Waals surface area contributed by atoms with Crippen LogP contribution in [-0.4, -0.2) is 37.8 Å². The van der Waals surface area contributed by atoms with Crippen molar-refractivity contribution in [2.75, 3.05) is 31.7 Å². The van der Waals surface area contributed by atoms with Crippen LogP contribution in [0.25, 0.3) is 0 Å². The van der Waals surface area contributed by atoms with Gasteiger partial charge in [-0.2, -0.15) is 0 Å². The van der Waals surface area contributed by atoms with Gasteiger partial charge < -0.3 is 15.4 Å². The molecule has 1 aromatic rings. The van der Waals surface area contributed by atoms with E-state index in [0.717, 1.165) is 31.9 Å². The van der Waals surface area contributed by atoms with Crippen molar-refractivity contribution in [3.05, 3.63) is 23.9 Å². The molecule has 4 nitrogen and oxygen atoms in total. The maximum atomic E-state index is 5.61. The molecule has 0 bridgehead atoms. The fraction of sp³-hybridized carbons (Fsp3) is 0.583. The SMILES string of the molecule is CN(c1ncccc1CCN)C1CCOC1. The first-order valence-corrected chi connectivity index (χ1v) is 5.77. The highest BCUT2D eigenvalue weighted by Gasteiger charge is 2.22. The number of nitrogens with two attached hydrogens (primary N) is 1. The number of pyridine rings is 1. The van der Waals surface area contributed by atoms with Crippen LogP contribution in [0.2, 0.25) is 0 Å². The summed E-state index contributed by atoms with van der Waals surface area (Å²) in [6, 6.07) is 4.51. The Morgan fingerprint density at radius 2 is 2.50 bits per heavy atom. The van der Waals surface area contributed by atoms with Gasteiger partial charge in [0.05, 0.1) is 12.6 Å². The number of ether oxygens (including phenoxy) is 1. The molecule has 1 aromatic heterocycles. The van der Waals surface area contributed by atoms with Gasteiger partial charge in [-0.3, -0.25) is 0 Å². The van der Waals surface area contributed by atoms with E-state index in [1.807, 2.05) is 12.3 Å². The zero-order valence-corrected chi connectivity index (χ0v) is 9.72. The highest BCUT2D eigenvalue weighted by atomic mass is 16.5. The van der Waals surface area contributed by atoms with Crippen molar-refractivity contribution >= 4 is 5.82 Å². The predicted octanol–water partition coefficient (Wildman–Crippen LogP) is 0.808. The molecule has 16 heavy (non-hydrogen) atoms. The Labute approximate surface area is 96.4 Å². The van der Waals surface area contributed by atoms with E-state index in [2.05, 4.69) is 23.0 Å². The van der Waals surface area contributed by atoms with Crippen LogP contribution in [-0.2, 0) is 11.2 Å². The molecule has 2 heterocycles. The van der Waals surface area contributed by atoms with Crippen LogP contribution < -0.4 is 10.6 Å². The number of anilines is 1. The summed E-state index contributed by atoms with van der Waals surface area (Å²) in [7, 11) is 2.09. The molecule has 0 aliphatic carbocycles. The highest BCUT2D eigenvalue weighted by molar-refractivity contribution is 5.47. The quantitative estimate of drug-likeness (QED) is 0.817. The molecule has 0 amide bonds. The Morgan fingerprint density at radius 1 is 1.62 bits per heavy atom. The Hall–Kier alpha value is -1.13. The zero-order chi connectivity index (χ0) is 11.4. The Morgan fingerprint density at radius 3 is 3.19 bits per heavy atom. The third kappa shape index (κ3) is 2.33. The van der Waals surface area contributed by atoms with Crippen molar-refractivity contribution in [3.63, 3.8) is 0 Å². The molecular weight excluding hydrogens is 202 g/mol. The largest absolute Gasteiger partial charge is 0.379 e. The first-order chi connectivity index (χ1) is 7.83. The predicted molar refractivity (Wildman–Crippen MR) is 64.6 cm³/mol. The zero-order valence-electron chi connectivity index (χ0n) is 9.72. The molecule has 1 aliphatic heterocycles. The highest BCUT2D eigenvalue weighted by Crippen LogP contribution is 2.21. The molecule has 0 radical (unpaired) electrons. The van der Waals surface area contributed by atoms with Gasteiger partial charge in [-0.05, 0) is 31.0 Å². The van der Waals surface area contributed by atoms with E-state index in [9.17, 15) is 0 Å². The van der Waals surface area contributed by atoms with Crippen LogP contribution in [0.4, 0.5) is 5.82 Å². The van der Waals surface area contributed by atoms with Gasteiger partial charge in [0.2, 0.25) is 0 Å². The second kappa shape index (κ2) is 5.27. The van der Waals surface area contributed by atoms with E-state index in [1.165, 1.54) is 5.56 Å². The molecule has 1 atom stereocenters. The van der Waals surface area contributed by atoms with Gasteiger partial charge in [0, 0.05) is 19.9 Å². The molecule has 1 fully saturated rings. The molecule has 88 valence electrons. The lowest BCUT2D eigenvalue weighted by atomic mass is 10.1. The third-order valence-corrected chi connectivity index (χ3v) is 3.07. The molecular formula is C12H19N3O. The average molecular weight is 221 g/mol. The lowest BCUT2D eigenvalue weighted by Crippen LogP contribution is -2.33. The van der Waals surface area contributed by atoms with Gasteiger partial charge in [-0.1, -0.05) is 6.07 Å². The van der Waals surface area contributed by atoms with Gasteiger partial charge in [0.25, 0.3) is 0 Å². The lowest BCUT2D eigenvalue weighted by molar-refractivity contribution is 0.193. The smallest absolute Gasteiger partial charge is 0.131 e. The van der Waals surface area contributed by atoms with Crippen molar-refractivity contribution < 1.29 is 4.74 Å². The van der Waals surface area contributed by atoms with E-state index in [1.54, 1.807) is 0 Å². The minimum atomic E-state index is 0.450. The van der Waals surface area contributed by atoms with Crippen LogP contribution in [0.5, 0.6) is 0 Å². The van der Waals surface area contributed by atoms with Crippen LogP contribution in [0.3, 0.4) is 0 Å².